The van der Waals surface area contributed by atoms with Gasteiger partial charge in [0, 0.05) is 12.5 Å². The van der Waals surface area contributed by atoms with E-state index in [1.54, 1.807) is 0 Å². The third-order valence-electron chi connectivity index (χ3n) is 4.91. The molecule has 0 spiro atoms. The Bertz CT molecular complexity index is 489. The number of rotatable bonds is 5. The van der Waals surface area contributed by atoms with E-state index in [1.165, 1.54) is 12.8 Å². The van der Waals surface area contributed by atoms with Gasteiger partial charge in [0.15, 0.2) is 0 Å². The van der Waals surface area contributed by atoms with Crippen molar-refractivity contribution in [3.63, 3.8) is 0 Å². The van der Waals surface area contributed by atoms with E-state index in [1.807, 2.05) is 27.7 Å². The van der Waals surface area contributed by atoms with Gasteiger partial charge in [0.05, 0.1) is 5.41 Å². The second-order valence-electron chi connectivity index (χ2n) is 6.53. The van der Waals surface area contributed by atoms with Gasteiger partial charge >= 0.3 is 5.97 Å². The predicted molar refractivity (Wildman–Crippen MR) is 76.5 cm³/mol. The van der Waals surface area contributed by atoms with Gasteiger partial charge in [0.1, 0.15) is 11.6 Å². The topological polar surface area (TPSA) is 68.0 Å². The average molecular weight is 279 g/mol. The quantitative estimate of drug-likeness (QED) is 0.899. The first-order chi connectivity index (χ1) is 9.36. The average Bonchev–Trinajstić information content (AvgIpc) is 2.98. The van der Waals surface area contributed by atoms with E-state index in [0.717, 1.165) is 24.5 Å². The van der Waals surface area contributed by atoms with Crippen LogP contribution >= 0.6 is 0 Å². The molecule has 0 aliphatic heterocycles. The van der Waals surface area contributed by atoms with Crippen molar-refractivity contribution < 1.29 is 9.90 Å². The number of aryl methyl sites for hydroxylation is 1. The molecule has 5 nitrogen and oxygen atoms in total. The maximum absolute atomic E-state index is 11.6. The van der Waals surface area contributed by atoms with Gasteiger partial charge in [-0.3, -0.25) is 4.79 Å². The Morgan fingerprint density at radius 3 is 2.50 bits per heavy atom. The highest BCUT2D eigenvalue weighted by Crippen LogP contribution is 2.35. The Labute approximate surface area is 120 Å². The lowest BCUT2D eigenvalue weighted by Crippen LogP contribution is -2.36. The normalized spacial score (nSPS) is 19.4. The molecule has 5 heteroatoms. The van der Waals surface area contributed by atoms with Crippen LogP contribution in [0.25, 0.3) is 0 Å². The summed E-state index contributed by atoms with van der Waals surface area (Å²) in [6.07, 6.45) is 5.22. The van der Waals surface area contributed by atoms with Crippen LogP contribution in [-0.2, 0) is 11.2 Å². The molecule has 20 heavy (non-hydrogen) atoms. The first-order valence-corrected chi connectivity index (χ1v) is 7.50. The highest BCUT2D eigenvalue weighted by atomic mass is 16.4. The third-order valence-corrected chi connectivity index (χ3v) is 4.91. The van der Waals surface area contributed by atoms with E-state index in [4.69, 9.17) is 0 Å². The van der Waals surface area contributed by atoms with Crippen LogP contribution in [0.5, 0.6) is 0 Å². The molecule has 2 rings (SSSR count). The lowest BCUT2D eigenvalue weighted by atomic mass is 9.76. The first kappa shape index (κ1) is 15.0. The molecule has 1 N–H and O–H groups in total. The monoisotopic (exact) mass is 279 g/mol. The van der Waals surface area contributed by atoms with Crippen molar-refractivity contribution in [3.05, 3.63) is 11.6 Å². The highest BCUT2D eigenvalue weighted by molar-refractivity contribution is 5.74. The van der Waals surface area contributed by atoms with Crippen LogP contribution in [0.3, 0.4) is 0 Å². The maximum Gasteiger partial charge on any atom is 0.310 e. The minimum atomic E-state index is -0.796. The van der Waals surface area contributed by atoms with Crippen molar-refractivity contribution in [1.82, 2.24) is 14.8 Å². The molecule has 0 amide bonds. The summed E-state index contributed by atoms with van der Waals surface area (Å²) in [5.41, 5.74) is -0.796. The fourth-order valence-corrected chi connectivity index (χ4v) is 3.03. The summed E-state index contributed by atoms with van der Waals surface area (Å²) < 4.78 is 2.18. The van der Waals surface area contributed by atoms with Gasteiger partial charge in [-0.15, -0.1) is 10.2 Å². The van der Waals surface area contributed by atoms with Crippen LogP contribution in [0.15, 0.2) is 0 Å². The number of carbonyl (C=O) groups is 1. The molecule has 0 bridgehead atoms. The van der Waals surface area contributed by atoms with Crippen LogP contribution in [0.4, 0.5) is 0 Å². The summed E-state index contributed by atoms with van der Waals surface area (Å²) in [5, 5.41) is 18.0. The van der Waals surface area contributed by atoms with Crippen molar-refractivity contribution in [2.24, 2.45) is 11.3 Å². The van der Waals surface area contributed by atoms with Crippen LogP contribution in [-0.4, -0.2) is 25.8 Å². The van der Waals surface area contributed by atoms with Gasteiger partial charge < -0.3 is 9.67 Å². The van der Waals surface area contributed by atoms with Gasteiger partial charge in [-0.25, -0.2) is 0 Å². The Kier molecular flexibility index (Phi) is 4.16. The molecule has 0 radical (unpaired) electrons. The fourth-order valence-electron chi connectivity index (χ4n) is 3.03. The van der Waals surface area contributed by atoms with Crippen molar-refractivity contribution in [1.29, 1.82) is 0 Å². The zero-order valence-electron chi connectivity index (χ0n) is 12.9. The van der Waals surface area contributed by atoms with Crippen molar-refractivity contribution in [3.8, 4) is 0 Å². The third kappa shape index (κ3) is 2.58. The Hall–Kier alpha value is -1.39. The second kappa shape index (κ2) is 5.54. The molecule has 1 aromatic rings. The maximum atomic E-state index is 11.6. The van der Waals surface area contributed by atoms with Crippen molar-refractivity contribution >= 4 is 5.97 Å². The molecule has 0 saturated heterocycles. The standard InChI is InChI=1S/C15H25N3O2/c1-10(2)15(4,14(19)20)9-13-17-16-11(3)18(13)12-7-5-6-8-12/h10,12H,5-9H2,1-4H3,(H,19,20). The molecule has 1 aromatic heterocycles. The summed E-state index contributed by atoms with van der Waals surface area (Å²) in [5.74, 6) is 1.02. The zero-order chi connectivity index (χ0) is 14.9. The number of hydrogen-bond donors (Lipinski definition) is 1. The SMILES string of the molecule is Cc1nnc(CC(C)(C(=O)O)C(C)C)n1C1CCCC1. The van der Waals surface area contributed by atoms with Gasteiger partial charge in [0.2, 0.25) is 0 Å². The van der Waals surface area contributed by atoms with Crippen LogP contribution in [0, 0.1) is 18.3 Å². The van der Waals surface area contributed by atoms with E-state index in [0.29, 0.717) is 12.5 Å². The summed E-state index contributed by atoms with van der Waals surface area (Å²) in [6, 6.07) is 0.449. The summed E-state index contributed by atoms with van der Waals surface area (Å²) in [7, 11) is 0. The van der Waals surface area contributed by atoms with Crippen molar-refractivity contribution in [2.75, 3.05) is 0 Å². The fraction of sp³-hybridized carbons (Fsp3) is 0.800. The molecular formula is C15H25N3O2. The molecule has 0 aromatic carbocycles. The minimum Gasteiger partial charge on any atom is -0.481 e. The molecule has 1 heterocycles. The Balaban J connectivity index is 2.31. The molecule has 112 valence electrons. The van der Waals surface area contributed by atoms with Gasteiger partial charge in [-0.05, 0) is 32.6 Å². The number of carboxylic acid groups (broad SMARTS) is 1. The molecule has 1 unspecified atom stereocenters. The van der Waals surface area contributed by atoms with E-state index in [-0.39, 0.29) is 5.92 Å². The van der Waals surface area contributed by atoms with Gasteiger partial charge in [-0.2, -0.15) is 0 Å². The summed E-state index contributed by atoms with van der Waals surface area (Å²) in [4.78, 5) is 11.6. The molecule has 1 aliphatic carbocycles. The number of aliphatic carboxylic acids is 1. The number of hydrogen-bond acceptors (Lipinski definition) is 3. The molecular weight excluding hydrogens is 254 g/mol. The highest BCUT2D eigenvalue weighted by Gasteiger charge is 2.39. The summed E-state index contributed by atoms with van der Waals surface area (Å²) in [6.45, 7) is 7.68. The number of aromatic nitrogens is 3. The number of nitrogens with zero attached hydrogens (tertiary/aromatic N) is 3. The van der Waals surface area contributed by atoms with Crippen LogP contribution < -0.4 is 0 Å². The van der Waals surface area contributed by atoms with E-state index >= 15 is 0 Å². The zero-order valence-corrected chi connectivity index (χ0v) is 12.9. The lowest BCUT2D eigenvalue weighted by Gasteiger charge is -2.29. The minimum absolute atomic E-state index is 0.0500. The largest absolute Gasteiger partial charge is 0.481 e. The molecule has 1 fully saturated rings. The molecule has 1 aliphatic rings. The Morgan fingerprint density at radius 1 is 1.40 bits per heavy atom. The van der Waals surface area contributed by atoms with E-state index < -0.39 is 11.4 Å². The second-order valence-corrected chi connectivity index (χ2v) is 6.53. The molecule has 1 atom stereocenters. The van der Waals surface area contributed by atoms with Crippen LogP contribution in [0.1, 0.15) is 64.1 Å². The van der Waals surface area contributed by atoms with E-state index in [9.17, 15) is 9.90 Å². The summed E-state index contributed by atoms with van der Waals surface area (Å²) >= 11 is 0. The van der Waals surface area contributed by atoms with E-state index in [2.05, 4.69) is 14.8 Å². The molecule has 1 saturated carbocycles. The van der Waals surface area contributed by atoms with Gasteiger partial charge in [-0.1, -0.05) is 26.7 Å². The lowest BCUT2D eigenvalue weighted by molar-refractivity contribution is -0.150. The Morgan fingerprint density at radius 2 is 2.00 bits per heavy atom. The first-order valence-electron chi connectivity index (χ1n) is 7.50. The predicted octanol–water partition coefficient (Wildman–Crippen LogP) is 2.99. The number of carboxylic acids is 1. The van der Waals surface area contributed by atoms with Crippen LogP contribution in [0.2, 0.25) is 0 Å². The van der Waals surface area contributed by atoms with Crippen molar-refractivity contribution in [2.45, 2.75) is 65.8 Å². The van der Waals surface area contributed by atoms with Gasteiger partial charge in [0.25, 0.3) is 0 Å². The smallest absolute Gasteiger partial charge is 0.310 e.